The quantitative estimate of drug-likeness (QED) is 0.626. The number of hydrogen-bond acceptors (Lipinski definition) is 1. The zero-order valence-electron chi connectivity index (χ0n) is 13.9. The van der Waals surface area contributed by atoms with E-state index in [1.807, 2.05) is 0 Å². The van der Waals surface area contributed by atoms with Crippen molar-refractivity contribution < 1.29 is 5.11 Å². The van der Waals surface area contributed by atoms with E-state index in [0.29, 0.717) is 10.8 Å². The minimum atomic E-state index is -0.0141. The number of hydrogen-bond donors (Lipinski definition) is 1. The molecule has 0 aromatic carbocycles. The van der Waals surface area contributed by atoms with Crippen LogP contribution < -0.4 is 0 Å². The van der Waals surface area contributed by atoms with Gasteiger partial charge in [0.15, 0.2) is 0 Å². The third kappa shape index (κ3) is 1.85. The van der Waals surface area contributed by atoms with Crippen molar-refractivity contribution in [2.24, 2.45) is 34.5 Å². The average Bonchev–Trinajstić information content (AvgIpc) is 2.76. The Hall–Kier alpha value is -0.300. The van der Waals surface area contributed by atoms with Crippen molar-refractivity contribution in [3.8, 4) is 0 Å². The zero-order chi connectivity index (χ0) is 14.8. The lowest BCUT2D eigenvalue weighted by molar-refractivity contribution is -0.116. The second kappa shape index (κ2) is 4.60. The van der Waals surface area contributed by atoms with Gasteiger partial charge in [-0.1, -0.05) is 26.0 Å². The third-order valence-corrected chi connectivity index (χ3v) is 8.59. The molecular formula is C20H32O. The van der Waals surface area contributed by atoms with Crippen LogP contribution >= 0.6 is 0 Å². The SMILES string of the molecule is C=C1CC[C@H]2[C@@H]3CC[C@H]4C[C@H](O)CC[C@]4(C)[C@H]3CC[C@]12C. The fraction of sp³-hybridized carbons (Fsp3) is 0.900. The fourth-order valence-electron chi connectivity index (χ4n) is 7.14. The highest BCUT2D eigenvalue weighted by molar-refractivity contribution is 5.21. The van der Waals surface area contributed by atoms with E-state index in [0.717, 1.165) is 36.5 Å². The Morgan fingerprint density at radius 3 is 2.62 bits per heavy atom. The highest BCUT2D eigenvalue weighted by atomic mass is 16.3. The molecule has 4 fully saturated rings. The molecular weight excluding hydrogens is 256 g/mol. The van der Waals surface area contributed by atoms with Gasteiger partial charge in [-0.3, -0.25) is 0 Å². The minimum Gasteiger partial charge on any atom is -0.393 e. The van der Waals surface area contributed by atoms with Gasteiger partial charge in [-0.25, -0.2) is 0 Å². The van der Waals surface area contributed by atoms with Crippen molar-refractivity contribution in [1.82, 2.24) is 0 Å². The molecule has 1 heteroatoms. The maximum atomic E-state index is 10.1. The Morgan fingerprint density at radius 2 is 1.81 bits per heavy atom. The molecule has 0 saturated heterocycles. The van der Waals surface area contributed by atoms with Crippen LogP contribution in [0, 0.1) is 34.5 Å². The van der Waals surface area contributed by atoms with Crippen LogP contribution in [0.2, 0.25) is 0 Å². The van der Waals surface area contributed by atoms with E-state index in [9.17, 15) is 5.11 Å². The largest absolute Gasteiger partial charge is 0.393 e. The Morgan fingerprint density at radius 1 is 1.00 bits per heavy atom. The first-order chi connectivity index (χ1) is 9.95. The van der Waals surface area contributed by atoms with E-state index in [-0.39, 0.29) is 6.10 Å². The molecule has 0 heterocycles. The summed E-state index contributed by atoms with van der Waals surface area (Å²) in [6.45, 7) is 9.52. The molecule has 0 aromatic rings. The van der Waals surface area contributed by atoms with Crippen LogP contribution in [0.1, 0.15) is 71.6 Å². The monoisotopic (exact) mass is 288 g/mol. The van der Waals surface area contributed by atoms with Crippen molar-refractivity contribution in [3.05, 3.63) is 12.2 Å². The lowest BCUT2D eigenvalue weighted by Gasteiger charge is -2.60. The molecule has 1 nitrogen and oxygen atoms in total. The molecule has 0 unspecified atom stereocenters. The van der Waals surface area contributed by atoms with Gasteiger partial charge in [0.05, 0.1) is 6.10 Å². The Kier molecular flexibility index (Phi) is 3.13. The molecule has 4 aliphatic carbocycles. The van der Waals surface area contributed by atoms with Crippen LogP contribution in [0.5, 0.6) is 0 Å². The summed E-state index contributed by atoms with van der Waals surface area (Å²) in [7, 11) is 0. The Bertz CT molecular complexity index is 455. The Balaban J connectivity index is 1.64. The van der Waals surface area contributed by atoms with Crippen LogP contribution in [0.3, 0.4) is 0 Å². The van der Waals surface area contributed by atoms with Crippen LogP contribution in [0.15, 0.2) is 12.2 Å². The molecule has 21 heavy (non-hydrogen) atoms. The van der Waals surface area contributed by atoms with Crippen LogP contribution in [0.4, 0.5) is 0 Å². The number of fused-ring (bicyclic) bond motifs is 5. The predicted octanol–water partition coefficient (Wildman–Crippen LogP) is 4.95. The van der Waals surface area contributed by atoms with Crippen molar-refractivity contribution in [2.45, 2.75) is 77.7 Å². The summed E-state index contributed by atoms with van der Waals surface area (Å²) in [5.41, 5.74) is 2.53. The van der Waals surface area contributed by atoms with E-state index >= 15 is 0 Å². The van der Waals surface area contributed by atoms with Gasteiger partial charge < -0.3 is 5.11 Å². The van der Waals surface area contributed by atoms with Crippen LogP contribution in [-0.2, 0) is 0 Å². The lowest BCUT2D eigenvalue weighted by Crippen LogP contribution is -2.53. The zero-order valence-corrected chi connectivity index (χ0v) is 13.9. The summed E-state index contributed by atoms with van der Waals surface area (Å²) < 4.78 is 0. The second-order valence-corrected chi connectivity index (χ2v) is 9.18. The lowest BCUT2D eigenvalue weighted by atomic mass is 9.45. The van der Waals surface area contributed by atoms with Gasteiger partial charge in [0.25, 0.3) is 0 Å². The van der Waals surface area contributed by atoms with E-state index in [1.165, 1.54) is 44.9 Å². The number of aliphatic hydroxyl groups excluding tert-OH is 1. The first kappa shape index (κ1) is 14.3. The molecule has 4 saturated carbocycles. The van der Waals surface area contributed by atoms with E-state index in [1.54, 1.807) is 5.57 Å². The normalized spacial score (nSPS) is 56.5. The van der Waals surface area contributed by atoms with E-state index in [4.69, 9.17) is 0 Å². The molecule has 0 aromatic heterocycles. The standard InChI is InChI=1S/C20H32O/c1-13-4-7-17-16-6-5-14-12-15(21)8-10-20(14,3)18(16)9-11-19(13,17)2/h14-18,21H,1,4-12H2,2-3H3/t14-,15+,16-,17-,18-,19+,20-/m0/s1. The predicted molar refractivity (Wildman–Crippen MR) is 86.9 cm³/mol. The van der Waals surface area contributed by atoms with Gasteiger partial charge in [0.2, 0.25) is 0 Å². The Labute approximate surface area is 130 Å². The molecule has 0 bridgehead atoms. The van der Waals surface area contributed by atoms with Gasteiger partial charge in [0, 0.05) is 0 Å². The topological polar surface area (TPSA) is 20.2 Å². The molecule has 1 N–H and O–H groups in total. The summed E-state index contributed by atoms with van der Waals surface area (Å²) in [5, 5.41) is 10.1. The maximum Gasteiger partial charge on any atom is 0.0543 e. The van der Waals surface area contributed by atoms with Crippen LogP contribution in [-0.4, -0.2) is 11.2 Å². The highest BCUT2D eigenvalue weighted by Crippen LogP contribution is 2.67. The molecule has 0 spiro atoms. The summed E-state index contributed by atoms with van der Waals surface area (Å²) >= 11 is 0. The summed E-state index contributed by atoms with van der Waals surface area (Å²) in [6, 6.07) is 0. The van der Waals surface area contributed by atoms with Crippen molar-refractivity contribution in [2.75, 3.05) is 0 Å². The molecule has 0 radical (unpaired) electrons. The van der Waals surface area contributed by atoms with Gasteiger partial charge in [0.1, 0.15) is 0 Å². The third-order valence-electron chi connectivity index (χ3n) is 8.59. The number of allylic oxidation sites excluding steroid dienone is 1. The first-order valence-corrected chi connectivity index (χ1v) is 9.31. The van der Waals surface area contributed by atoms with Gasteiger partial charge in [-0.15, -0.1) is 0 Å². The summed E-state index contributed by atoms with van der Waals surface area (Å²) in [5.74, 6) is 3.57. The van der Waals surface area contributed by atoms with Gasteiger partial charge in [-0.05, 0) is 92.3 Å². The van der Waals surface area contributed by atoms with Crippen molar-refractivity contribution >= 4 is 0 Å². The van der Waals surface area contributed by atoms with E-state index < -0.39 is 0 Å². The minimum absolute atomic E-state index is 0.0141. The summed E-state index contributed by atoms with van der Waals surface area (Å²) in [4.78, 5) is 0. The van der Waals surface area contributed by atoms with Gasteiger partial charge >= 0.3 is 0 Å². The van der Waals surface area contributed by atoms with Crippen molar-refractivity contribution in [3.63, 3.8) is 0 Å². The first-order valence-electron chi connectivity index (χ1n) is 9.31. The smallest absolute Gasteiger partial charge is 0.0543 e. The second-order valence-electron chi connectivity index (χ2n) is 9.18. The summed E-state index contributed by atoms with van der Waals surface area (Å²) in [6.07, 6.45) is 11.6. The molecule has 4 rings (SSSR count). The molecule has 0 aliphatic heterocycles. The average molecular weight is 288 g/mol. The van der Waals surface area contributed by atoms with E-state index in [2.05, 4.69) is 20.4 Å². The molecule has 118 valence electrons. The van der Waals surface area contributed by atoms with Crippen LogP contribution in [0.25, 0.3) is 0 Å². The van der Waals surface area contributed by atoms with Gasteiger partial charge in [-0.2, -0.15) is 0 Å². The number of rotatable bonds is 0. The maximum absolute atomic E-state index is 10.1. The molecule has 4 aliphatic rings. The molecule has 0 amide bonds. The fourth-order valence-corrected chi connectivity index (χ4v) is 7.14. The molecule has 7 atom stereocenters. The highest BCUT2D eigenvalue weighted by Gasteiger charge is 2.58. The number of aliphatic hydroxyl groups is 1. The van der Waals surface area contributed by atoms with Crippen molar-refractivity contribution in [1.29, 1.82) is 0 Å².